The zero-order chi connectivity index (χ0) is 24.2. The van der Waals surface area contributed by atoms with Gasteiger partial charge in [0.2, 0.25) is 11.8 Å². The van der Waals surface area contributed by atoms with Crippen molar-refractivity contribution in [2.75, 3.05) is 14.1 Å². The molecule has 4 aromatic rings. The van der Waals surface area contributed by atoms with Gasteiger partial charge in [-0.25, -0.2) is 0 Å². The second kappa shape index (κ2) is 9.70. The van der Waals surface area contributed by atoms with E-state index in [0.717, 1.165) is 27.8 Å². The molecule has 7 heteroatoms. The lowest BCUT2D eigenvalue weighted by atomic mass is 9.97. The molecule has 0 radical (unpaired) electrons. The third kappa shape index (κ3) is 4.88. The Morgan fingerprint density at radius 3 is 2.32 bits per heavy atom. The minimum atomic E-state index is -0.153. The van der Waals surface area contributed by atoms with E-state index in [1.165, 1.54) is 0 Å². The predicted molar refractivity (Wildman–Crippen MR) is 130 cm³/mol. The molecule has 0 aliphatic rings. The Morgan fingerprint density at radius 2 is 1.65 bits per heavy atom. The fourth-order valence-corrected chi connectivity index (χ4v) is 3.79. The number of nitrogens with one attached hydrogen (secondary N) is 1. The van der Waals surface area contributed by atoms with Gasteiger partial charge in [0.15, 0.2) is 0 Å². The Balaban J connectivity index is 1.51. The van der Waals surface area contributed by atoms with Crippen molar-refractivity contribution >= 4 is 11.8 Å². The number of hydrogen-bond donors (Lipinski definition) is 1. The summed E-state index contributed by atoms with van der Waals surface area (Å²) in [6, 6.07) is 20.8. The highest BCUT2D eigenvalue weighted by Gasteiger charge is 2.15. The summed E-state index contributed by atoms with van der Waals surface area (Å²) in [4.78, 5) is 26.5. The topological polar surface area (TPSA) is 88.3 Å². The first kappa shape index (κ1) is 22.9. The maximum Gasteiger partial charge on any atom is 0.253 e. The number of rotatable bonds is 6. The number of hydrogen-bond acceptors (Lipinski definition) is 5. The van der Waals surface area contributed by atoms with Gasteiger partial charge in [-0.15, -0.1) is 10.2 Å². The molecule has 0 atom stereocenters. The maximum absolute atomic E-state index is 13.0. The standard InChI is InChI=1S/C27H26N4O3/c1-17-8-9-23(26-30-29-18(2)34-26)15-24(17)20-10-12-21(13-11-20)27(33)31(4)16-19-6-5-7-22(14-19)25(32)28-3/h5-15H,16H2,1-4H3,(H,28,32). The van der Waals surface area contributed by atoms with Crippen LogP contribution in [0.25, 0.3) is 22.6 Å². The highest BCUT2D eigenvalue weighted by Crippen LogP contribution is 2.29. The summed E-state index contributed by atoms with van der Waals surface area (Å²) in [5, 5.41) is 10.6. The molecule has 0 aliphatic heterocycles. The number of carbonyl (C=O) groups is 2. The van der Waals surface area contributed by atoms with Crippen molar-refractivity contribution in [1.29, 1.82) is 0 Å². The number of benzene rings is 3. The molecule has 1 heterocycles. The number of nitrogens with zero attached hydrogens (tertiary/aromatic N) is 3. The van der Waals surface area contributed by atoms with E-state index < -0.39 is 0 Å². The summed E-state index contributed by atoms with van der Waals surface area (Å²) < 4.78 is 5.56. The summed E-state index contributed by atoms with van der Waals surface area (Å²) in [5.41, 5.74) is 6.03. The molecule has 3 aromatic carbocycles. The lowest BCUT2D eigenvalue weighted by molar-refractivity contribution is 0.0785. The smallest absolute Gasteiger partial charge is 0.253 e. The zero-order valence-corrected chi connectivity index (χ0v) is 19.6. The molecule has 0 aliphatic carbocycles. The van der Waals surface area contributed by atoms with Gasteiger partial charge in [-0.2, -0.15) is 0 Å². The van der Waals surface area contributed by atoms with Crippen molar-refractivity contribution in [3.63, 3.8) is 0 Å². The zero-order valence-electron chi connectivity index (χ0n) is 19.6. The number of amides is 2. The molecule has 0 saturated carbocycles. The normalized spacial score (nSPS) is 10.7. The highest BCUT2D eigenvalue weighted by atomic mass is 16.4. The van der Waals surface area contributed by atoms with E-state index in [9.17, 15) is 9.59 Å². The van der Waals surface area contributed by atoms with Crippen LogP contribution in [-0.4, -0.2) is 41.0 Å². The lowest BCUT2D eigenvalue weighted by Crippen LogP contribution is -2.26. The van der Waals surface area contributed by atoms with Gasteiger partial charge < -0.3 is 14.6 Å². The molecular formula is C27H26N4O3. The van der Waals surface area contributed by atoms with E-state index in [1.54, 1.807) is 38.1 Å². The Labute approximate surface area is 198 Å². The molecule has 2 amide bonds. The Morgan fingerprint density at radius 1 is 0.912 bits per heavy atom. The van der Waals surface area contributed by atoms with E-state index in [-0.39, 0.29) is 11.8 Å². The molecule has 1 N–H and O–H groups in total. The van der Waals surface area contributed by atoms with E-state index in [0.29, 0.717) is 29.5 Å². The van der Waals surface area contributed by atoms with Gasteiger partial charge in [0.05, 0.1) is 0 Å². The van der Waals surface area contributed by atoms with E-state index >= 15 is 0 Å². The van der Waals surface area contributed by atoms with Crippen molar-refractivity contribution < 1.29 is 14.0 Å². The van der Waals surface area contributed by atoms with Crippen LogP contribution in [0.1, 0.15) is 37.7 Å². The minimum absolute atomic E-state index is 0.0938. The molecule has 0 saturated heterocycles. The summed E-state index contributed by atoms with van der Waals surface area (Å²) in [6.07, 6.45) is 0. The van der Waals surface area contributed by atoms with Crippen LogP contribution in [0.2, 0.25) is 0 Å². The van der Waals surface area contributed by atoms with Crippen LogP contribution in [0.5, 0.6) is 0 Å². The fraction of sp³-hybridized carbons (Fsp3) is 0.185. The summed E-state index contributed by atoms with van der Waals surface area (Å²) >= 11 is 0. The van der Waals surface area contributed by atoms with Crippen LogP contribution in [0.4, 0.5) is 0 Å². The lowest BCUT2D eigenvalue weighted by Gasteiger charge is -2.18. The maximum atomic E-state index is 13.0. The monoisotopic (exact) mass is 454 g/mol. The predicted octanol–water partition coefficient (Wildman–Crippen LogP) is 4.65. The fourth-order valence-electron chi connectivity index (χ4n) is 3.79. The van der Waals surface area contributed by atoms with E-state index in [1.807, 2.05) is 61.5 Å². The molecule has 172 valence electrons. The first-order valence-corrected chi connectivity index (χ1v) is 10.9. The van der Waals surface area contributed by atoms with Crippen LogP contribution in [0.15, 0.2) is 71.1 Å². The molecule has 7 nitrogen and oxygen atoms in total. The molecule has 0 fully saturated rings. The SMILES string of the molecule is CNC(=O)c1cccc(CN(C)C(=O)c2ccc(-c3cc(-c4nnc(C)o4)ccc3C)cc2)c1. The van der Waals surface area contributed by atoms with Crippen LogP contribution in [-0.2, 0) is 6.54 Å². The van der Waals surface area contributed by atoms with Crippen LogP contribution in [0, 0.1) is 13.8 Å². The number of carbonyl (C=O) groups excluding carboxylic acids is 2. The average molecular weight is 455 g/mol. The minimum Gasteiger partial charge on any atom is -0.421 e. The van der Waals surface area contributed by atoms with Crippen molar-refractivity contribution in [3.8, 4) is 22.6 Å². The van der Waals surface area contributed by atoms with Crippen molar-refractivity contribution in [1.82, 2.24) is 20.4 Å². The molecule has 0 unspecified atom stereocenters. The second-order valence-electron chi connectivity index (χ2n) is 8.17. The third-order valence-electron chi connectivity index (χ3n) is 5.64. The van der Waals surface area contributed by atoms with Gasteiger partial charge >= 0.3 is 0 Å². The van der Waals surface area contributed by atoms with Crippen molar-refractivity contribution in [2.24, 2.45) is 0 Å². The van der Waals surface area contributed by atoms with Gasteiger partial charge in [0.1, 0.15) is 0 Å². The Kier molecular flexibility index (Phi) is 6.54. The highest BCUT2D eigenvalue weighted by molar-refractivity contribution is 5.95. The van der Waals surface area contributed by atoms with Crippen LogP contribution < -0.4 is 5.32 Å². The van der Waals surface area contributed by atoms with Gasteiger partial charge in [-0.05, 0) is 65.6 Å². The molecule has 4 rings (SSSR count). The van der Waals surface area contributed by atoms with Crippen LogP contribution >= 0.6 is 0 Å². The molecule has 1 aromatic heterocycles. The number of aryl methyl sites for hydroxylation is 2. The summed E-state index contributed by atoms with van der Waals surface area (Å²) in [7, 11) is 3.35. The average Bonchev–Trinajstić information content (AvgIpc) is 3.29. The van der Waals surface area contributed by atoms with Gasteiger partial charge in [-0.1, -0.05) is 30.3 Å². The van der Waals surface area contributed by atoms with Crippen molar-refractivity contribution in [2.45, 2.75) is 20.4 Å². The molecule has 0 spiro atoms. The molecule has 0 bridgehead atoms. The van der Waals surface area contributed by atoms with Crippen molar-refractivity contribution in [3.05, 3.63) is 94.9 Å². The van der Waals surface area contributed by atoms with Gasteiger partial charge in [-0.3, -0.25) is 9.59 Å². The Bertz CT molecular complexity index is 1340. The first-order chi connectivity index (χ1) is 16.4. The second-order valence-corrected chi connectivity index (χ2v) is 8.17. The third-order valence-corrected chi connectivity index (χ3v) is 5.64. The van der Waals surface area contributed by atoms with E-state index in [4.69, 9.17) is 4.42 Å². The van der Waals surface area contributed by atoms with E-state index in [2.05, 4.69) is 15.5 Å². The van der Waals surface area contributed by atoms with Gasteiger partial charge in [0.25, 0.3) is 11.8 Å². The molecular weight excluding hydrogens is 428 g/mol. The largest absolute Gasteiger partial charge is 0.421 e. The Hall–Kier alpha value is -4.26. The number of aromatic nitrogens is 2. The molecule has 34 heavy (non-hydrogen) atoms. The van der Waals surface area contributed by atoms with Crippen LogP contribution in [0.3, 0.4) is 0 Å². The van der Waals surface area contributed by atoms with Gasteiger partial charge in [0, 0.05) is 44.3 Å². The first-order valence-electron chi connectivity index (χ1n) is 10.9. The quantitative estimate of drug-likeness (QED) is 0.458. The summed E-state index contributed by atoms with van der Waals surface area (Å²) in [5.74, 6) is 0.751. The summed E-state index contributed by atoms with van der Waals surface area (Å²) in [6.45, 7) is 4.20.